The van der Waals surface area contributed by atoms with E-state index in [0.29, 0.717) is 0 Å². The van der Waals surface area contributed by atoms with Crippen LogP contribution in [0.5, 0.6) is 0 Å². The maximum absolute atomic E-state index is 13.0. The Morgan fingerprint density at radius 2 is 1.82 bits per heavy atom. The minimum Gasteiger partial charge on any atom is -0.368 e. The van der Waals surface area contributed by atoms with Crippen molar-refractivity contribution < 1.29 is 4.79 Å². The van der Waals surface area contributed by atoms with E-state index >= 15 is 0 Å². The summed E-state index contributed by atoms with van der Waals surface area (Å²) in [6, 6.07) is 16.6. The minimum atomic E-state index is -0.173. The number of piperazine rings is 1. The highest BCUT2D eigenvalue weighted by molar-refractivity contribution is 6.30. The van der Waals surface area contributed by atoms with Gasteiger partial charge in [-0.2, -0.15) is 0 Å². The SMILES string of the molecule is CCc1ccc(C2CC(C(=O)N3CCN(c4cccc(Cl)c4)CC3)NN2)cc1. The van der Waals surface area contributed by atoms with Gasteiger partial charge in [0.25, 0.3) is 0 Å². The van der Waals surface area contributed by atoms with Crippen molar-refractivity contribution in [2.75, 3.05) is 31.1 Å². The van der Waals surface area contributed by atoms with Gasteiger partial charge < -0.3 is 9.80 Å². The summed E-state index contributed by atoms with van der Waals surface area (Å²) < 4.78 is 0. The Balaban J connectivity index is 1.32. The highest BCUT2D eigenvalue weighted by Gasteiger charge is 2.34. The van der Waals surface area contributed by atoms with Gasteiger partial charge in [0.05, 0.1) is 0 Å². The van der Waals surface area contributed by atoms with E-state index in [0.717, 1.165) is 49.7 Å². The molecule has 5 nitrogen and oxygen atoms in total. The lowest BCUT2D eigenvalue weighted by Gasteiger charge is -2.37. The second-order valence-electron chi connectivity index (χ2n) is 7.52. The summed E-state index contributed by atoms with van der Waals surface area (Å²) >= 11 is 6.10. The second-order valence-corrected chi connectivity index (χ2v) is 7.95. The highest BCUT2D eigenvalue weighted by Crippen LogP contribution is 2.25. The first-order valence-electron chi connectivity index (χ1n) is 10.0. The van der Waals surface area contributed by atoms with Gasteiger partial charge in [-0.1, -0.05) is 48.9 Å². The van der Waals surface area contributed by atoms with Gasteiger partial charge in [-0.25, -0.2) is 10.9 Å². The van der Waals surface area contributed by atoms with Crippen molar-refractivity contribution in [3.05, 3.63) is 64.7 Å². The van der Waals surface area contributed by atoms with E-state index < -0.39 is 0 Å². The standard InChI is InChI=1S/C22H27ClN4O/c1-2-16-6-8-17(9-7-16)20-15-21(25-24-20)22(28)27-12-10-26(11-13-27)19-5-3-4-18(23)14-19/h3-9,14,20-21,24-25H,2,10-13,15H2,1H3. The molecule has 2 aromatic carbocycles. The van der Waals surface area contributed by atoms with Crippen molar-refractivity contribution in [3.63, 3.8) is 0 Å². The molecule has 2 heterocycles. The van der Waals surface area contributed by atoms with Crippen LogP contribution in [0.3, 0.4) is 0 Å². The fourth-order valence-corrected chi connectivity index (χ4v) is 4.19. The molecule has 0 aliphatic carbocycles. The van der Waals surface area contributed by atoms with Crippen molar-refractivity contribution in [3.8, 4) is 0 Å². The molecular weight excluding hydrogens is 372 g/mol. The third-order valence-electron chi connectivity index (χ3n) is 5.76. The van der Waals surface area contributed by atoms with Crippen molar-refractivity contribution in [1.82, 2.24) is 15.8 Å². The summed E-state index contributed by atoms with van der Waals surface area (Å²) in [5.74, 6) is 0.186. The molecule has 0 spiro atoms. The van der Waals surface area contributed by atoms with Crippen LogP contribution in [0, 0.1) is 0 Å². The molecule has 6 heteroatoms. The minimum absolute atomic E-state index is 0.173. The molecule has 2 N–H and O–H groups in total. The molecule has 28 heavy (non-hydrogen) atoms. The number of carbonyl (C=O) groups excluding carboxylic acids is 1. The van der Waals surface area contributed by atoms with Crippen LogP contribution in [0.4, 0.5) is 5.69 Å². The molecule has 0 saturated carbocycles. The topological polar surface area (TPSA) is 47.6 Å². The van der Waals surface area contributed by atoms with Crippen LogP contribution in [-0.4, -0.2) is 43.0 Å². The molecule has 0 bridgehead atoms. The van der Waals surface area contributed by atoms with Gasteiger partial charge in [0.2, 0.25) is 5.91 Å². The Morgan fingerprint density at radius 3 is 2.50 bits per heavy atom. The lowest BCUT2D eigenvalue weighted by atomic mass is 9.99. The van der Waals surface area contributed by atoms with Gasteiger partial charge in [-0.3, -0.25) is 4.79 Å². The predicted octanol–water partition coefficient (Wildman–Crippen LogP) is 3.16. The lowest BCUT2D eigenvalue weighted by Crippen LogP contribution is -2.53. The van der Waals surface area contributed by atoms with Gasteiger partial charge in [0, 0.05) is 42.9 Å². The number of anilines is 1. The van der Waals surface area contributed by atoms with E-state index in [2.05, 4.69) is 53.0 Å². The van der Waals surface area contributed by atoms with Crippen LogP contribution in [0.15, 0.2) is 48.5 Å². The molecule has 4 rings (SSSR count). The number of hydrogen-bond donors (Lipinski definition) is 2. The van der Waals surface area contributed by atoms with Crippen LogP contribution in [0.25, 0.3) is 0 Å². The van der Waals surface area contributed by atoms with Crippen molar-refractivity contribution >= 4 is 23.2 Å². The van der Waals surface area contributed by atoms with E-state index in [-0.39, 0.29) is 18.0 Å². The predicted molar refractivity (Wildman–Crippen MR) is 113 cm³/mol. The summed E-state index contributed by atoms with van der Waals surface area (Å²) in [5.41, 5.74) is 10.2. The summed E-state index contributed by atoms with van der Waals surface area (Å²) in [7, 11) is 0. The van der Waals surface area contributed by atoms with E-state index in [1.807, 2.05) is 23.1 Å². The average molecular weight is 399 g/mol. The van der Waals surface area contributed by atoms with E-state index in [9.17, 15) is 4.79 Å². The number of hydrogen-bond acceptors (Lipinski definition) is 4. The first-order chi connectivity index (χ1) is 13.6. The first kappa shape index (κ1) is 19.2. The molecule has 2 aliphatic rings. The number of rotatable bonds is 4. The van der Waals surface area contributed by atoms with Crippen LogP contribution in [-0.2, 0) is 11.2 Å². The molecule has 148 valence electrons. The van der Waals surface area contributed by atoms with E-state index in [1.165, 1.54) is 11.1 Å². The monoisotopic (exact) mass is 398 g/mol. The maximum atomic E-state index is 13.0. The summed E-state index contributed by atoms with van der Waals surface area (Å²) in [6.07, 6.45) is 1.82. The van der Waals surface area contributed by atoms with Crippen molar-refractivity contribution in [2.45, 2.75) is 31.8 Å². The number of aryl methyl sites for hydroxylation is 1. The molecule has 2 unspecified atom stereocenters. The zero-order valence-corrected chi connectivity index (χ0v) is 17.0. The molecule has 0 radical (unpaired) electrons. The smallest absolute Gasteiger partial charge is 0.241 e. The Labute approximate surface area is 171 Å². The summed E-state index contributed by atoms with van der Waals surface area (Å²) in [6.45, 7) is 5.28. The van der Waals surface area contributed by atoms with Crippen molar-refractivity contribution in [2.24, 2.45) is 0 Å². The Morgan fingerprint density at radius 1 is 1.07 bits per heavy atom. The number of nitrogens with zero attached hydrogens (tertiary/aromatic N) is 2. The van der Waals surface area contributed by atoms with E-state index in [4.69, 9.17) is 11.6 Å². The van der Waals surface area contributed by atoms with E-state index in [1.54, 1.807) is 0 Å². The maximum Gasteiger partial charge on any atom is 0.241 e. The number of benzene rings is 2. The zero-order valence-electron chi connectivity index (χ0n) is 16.2. The molecule has 1 amide bonds. The molecule has 2 aromatic rings. The highest BCUT2D eigenvalue weighted by atomic mass is 35.5. The molecule has 2 aliphatic heterocycles. The molecule has 2 saturated heterocycles. The first-order valence-corrected chi connectivity index (χ1v) is 10.4. The van der Waals surface area contributed by atoms with Gasteiger partial charge in [0.1, 0.15) is 6.04 Å². The van der Waals surface area contributed by atoms with Crippen LogP contribution in [0.2, 0.25) is 5.02 Å². The number of halogens is 1. The van der Waals surface area contributed by atoms with Gasteiger partial charge >= 0.3 is 0 Å². The zero-order chi connectivity index (χ0) is 19.5. The Hall–Kier alpha value is -2.08. The second kappa shape index (κ2) is 8.52. The fourth-order valence-electron chi connectivity index (χ4n) is 4.00. The molecular formula is C22H27ClN4O. The normalized spacial score (nSPS) is 22.5. The summed E-state index contributed by atoms with van der Waals surface area (Å²) in [5, 5.41) is 0.746. The average Bonchev–Trinajstić information content (AvgIpc) is 3.24. The molecule has 2 fully saturated rings. The van der Waals surface area contributed by atoms with Crippen molar-refractivity contribution in [1.29, 1.82) is 0 Å². The third kappa shape index (κ3) is 4.17. The van der Waals surface area contributed by atoms with Gasteiger partial charge in [-0.15, -0.1) is 0 Å². The molecule has 2 atom stereocenters. The Bertz CT molecular complexity index is 818. The number of nitrogens with one attached hydrogen (secondary N) is 2. The van der Waals surface area contributed by atoms with Gasteiger partial charge in [0.15, 0.2) is 0 Å². The number of carbonyl (C=O) groups is 1. The number of amides is 1. The largest absolute Gasteiger partial charge is 0.368 e. The quantitative estimate of drug-likeness (QED) is 0.830. The fraction of sp³-hybridized carbons (Fsp3) is 0.409. The Kier molecular flexibility index (Phi) is 5.85. The van der Waals surface area contributed by atoms with Gasteiger partial charge in [-0.05, 0) is 42.2 Å². The lowest BCUT2D eigenvalue weighted by molar-refractivity contribution is -0.133. The van der Waals surface area contributed by atoms with Crippen LogP contribution >= 0.6 is 11.6 Å². The third-order valence-corrected chi connectivity index (χ3v) is 5.99. The van der Waals surface area contributed by atoms with Crippen LogP contribution in [0.1, 0.15) is 30.5 Å². The number of hydrazine groups is 1. The van der Waals surface area contributed by atoms with Crippen LogP contribution < -0.4 is 15.8 Å². The molecule has 0 aromatic heterocycles. The summed E-state index contributed by atoms with van der Waals surface area (Å²) in [4.78, 5) is 17.2.